The molecular weight excluding hydrogens is 382 g/mol. The van der Waals surface area contributed by atoms with Crippen molar-refractivity contribution in [3.05, 3.63) is 93.2 Å². The van der Waals surface area contributed by atoms with E-state index in [1.54, 1.807) is 4.40 Å². The Morgan fingerprint density at radius 2 is 1.76 bits per heavy atom. The fourth-order valence-electron chi connectivity index (χ4n) is 3.61. The van der Waals surface area contributed by atoms with Crippen molar-refractivity contribution in [3.63, 3.8) is 0 Å². The van der Waals surface area contributed by atoms with E-state index in [2.05, 4.69) is 10.1 Å². The molecule has 29 heavy (non-hydrogen) atoms. The van der Waals surface area contributed by atoms with Gasteiger partial charge in [-0.25, -0.2) is 9.38 Å². The van der Waals surface area contributed by atoms with Crippen molar-refractivity contribution in [1.29, 1.82) is 0 Å². The van der Waals surface area contributed by atoms with Crippen LogP contribution >= 0.6 is 11.3 Å². The predicted molar refractivity (Wildman–Crippen MR) is 115 cm³/mol. The summed E-state index contributed by atoms with van der Waals surface area (Å²) in [6.45, 7) is 0. The molecule has 0 aliphatic heterocycles. The summed E-state index contributed by atoms with van der Waals surface area (Å²) in [7, 11) is 0. The zero-order chi connectivity index (χ0) is 19.4. The van der Waals surface area contributed by atoms with Crippen molar-refractivity contribution in [2.24, 2.45) is 0 Å². The van der Waals surface area contributed by atoms with Crippen LogP contribution in [0.15, 0.2) is 82.1 Å². The van der Waals surface area contributed by atoms with Crippen LogP contribution in [-0.2, 0) is 0 Å². The standard InChI is InChI=1S/C23H13N3O2S/c27-22-20(29-23-24-18-8-4-5-9-19(18)26(22)23)13-14-10-11-17-16(12-14)21(28-25-17)15-6-2-1-3-7-15/h1-13H. The summed E-state index contributed by atoms with van der Waals surface area (Å²) in [5.41, 5.74) is 4.30. The minimum Gasteiger partial charge on any atom is -0.355 e. The number of nitrogens with zero attached hydrogens (tertiary/aromatic N) is 3. The SMILES string of the molecule is O=c1c(=Cc2ccc3noc(-c4ccccc4)c3c2)sc2nc3ccccc3n12. The maximum absolute atomic E-state index is 13.0. The third-order valence-electron chi connectivity index (χ3n) is 4.98. The van der Waals surface area contributed by atoms with E-state index in [-0.39, 0.29) is 5.56 Å². The lowest BCUT2D eigenvalue weighted by atomic mass is 10.1. The van der Waals surface area contributed by atoms with Crippen LogP contribution in [0.2, 0.25) is 0 Å². The Bertz CT molecular complexity index is 1630. The van der Waals surface area contributed by atoms with Crippen molar-refractivity contribution in [2.75, 3.05) is 0 Å². The molecule has 0 saturated carbocycles. The molecule has 6 rings (SSSR count). The smallest absolute Gasteiger partial charge is 0.274 e. The Morgan fingerprint density at radius 1 is 0.931 bits per heavy atom. The molecule has 5 nitrogen and oxygen atoms in total. The third kappa shape index (κ3) is 2.50. The highest BCUT2D eigenvalue weighted by molar-refractivity contribution is 7.15. The fourth-order valence-corrected chi connectivity index (χ4v) is 4.60. The average molecular weight is 395 g/mol. The highest BCUT2D eigenvalue weighted by Crippen LogP contribution is 2.29. The summed E-state index contributed by atoms with van der Waals surface area (Å²) in [5, 5.41) is 5.08. The monoisotopic (exact) mass is 395 g/mol. The zero-order valence-electron chi connectivity index (χ0n) is 15.1. The lowest BCUT2D eigenvalue weighted by Crippen LogP contribution is -2.22. The van der Waals surface area contributed by atoms with Gasteiger partial charge < -0.3 is 4.52 Å². The molecule has 3 aromatic carbocycles. The van der Waals surface area contributed by atoms with Gasteiger partial charge in [0.05, 0.1) is 21.0 Å². The first kappa shape index (κ1) is 16.2. The quantitative estimate of drug-likeness (QED) is 0.439. The van der Waals surface area contributed by atoms with Crippen LogP contribution in [0.4, 0.5) is 0 Å². The molecule has 0 radical (unpaired) electrons. The van der Waals surface area contributed by atoms with Crippen molar-refractivity contribution in [1.82, 2.24) is 14.5 Å². The van der Waals surface area contributed by atoms with E-state index < -0.39 is 0 Å². The van der Waals surface area contributed by atoms with Crippen molar-refractivity contribution < 1.29 is 4.52 Å². The molecule has 0 unspecified atom stereocenters. The van der Waals surface area contributed by atoms with Gasteiger partial charge in [0, 0.05) is 5.56 Å². The number of fused-ring (bicyclic) bond motifs is 4. The molecule has 3 aromatic heterocycles. The number of para-hydroxylation sites is 2. The van der Waals surface area contributed by atoms with Crippen LogP contribution in [-0.4, -0.2) is 14.5 Å². The summed E-state index contributed by atoms with van der Waals surface area (Å²) in [6, 6.07) is 23.4. The van der Waals surface area contributed by atoms with Crippen LogP contribution < -0.4 is 10.1 Å². The minimum absolute atomic E-state index is 0.0487. The molecule has 0 aliphatic carbocycles. The van der Waals surface area contributed by atoms with Crippen LogP contribution in [0.5, 0.6) is 0 Å². The summed E-state index contributed by atoms with van der Waals surface area (Å²) >= 11 is 1.40. The molecule has 0 N–H and O–H groups in total. The number of hydrogen-bond acceptors (Lipinski definition) is 5. The number of thiazole rings is 1. The first-order valence-electron chi connectivity index (χ1n) is 9.14. The molecule has 0 amide bonds. The molecular formula is C23H13N3O2S. The van der Waals surface area contributed by atoms with Gasteiger partial charge in [-0.15, -0.1) is 0 Å². The molecule has 0 spiro atoms. The summed E-state index contributed by atoms with van der Waals surface area (Å²) in [5.74, 6) is 0.727. The summed E-state index contributed by atoms with van der Waals surface area (Å²) in [4.78, 5) is 18.3. The first-order chi connectivity index (χ1) is 14.3. The highest BCUT2D eigenvalue weighted by Gasteiger charge is 2.12. The Hall–Kier alpha value is -3.77. The van der Waals surface area contributed by atoms with E-state index in [1.807, 2.05) is 78.9 Å². The second-order valence-electron chi connectivity index (χ2n) is 6.79. The van der Waals surface area contributed by atoms with Gasteiger partial charge in [0.25, 0.3) is 5.56 Å². The maximum Gasteiger partial charge on any atom is 0.274 e. The van der Waals surface area contributed by atoms with Crippen molar-refractivity contribution >= 4 is 44.3 Å². The van der Waals surface area contributed by atoms with E-state index in [0.29, 0.717) is 9.49 Å². The number of benzene rings is 3. The fraction of sp³-hybridized carbons (Fsp3) is 0. The second-order valence-corrected chi connectivity index (χ2v) is 7.80. The molecule has 0 fully saturated rings. The van der Waals surface area contributed by atoms with Crippen LogP contribution in [0.1, 0.15) is 5.56 Å². The number of rotatable bonds is 2. The molecule has 3 heterocycles. The van der Waals surface area contributed by atoms with Gasteiger partial charge in [-0.05, 0) is 35.9 Å². The predicted octanol–water partition coefficient (Wildman–Crippen LogP) is 4.27. The van der Waals surface area contributed by atoms with E-state index in [9.17, 15) is 4.79 Å². The van der Waals surface area contributed by atoms with Gasteiger partial charge in [0.1, 0.15) is 5.52 Å². The summed E-state index contributed by atoms with van der Waals surface area (Å²) < 4.78 is 7.90. The van der Waals surface area contributed by atoms with Crippen LogP contribution in [0.25, 0.3) is 44.3 Å². The Morgan fingerprint density at radius 3 is 2.66 bits per heavy atom. The largest absolute Gasteiger partial charge is 0.355 e. The third-order valence-corrected chi connectivity index (χ3v) is 5.95. The Balaban J connectivity index is 1.54. The lowest BCUT2D eigenvalue weighted by Gasteiger charge is -1.97. The maximum atomic E-state index is 13.0. The van der Waals surface area contributed by atoms with Crippen LogP contribution in [0, 0.1) is 0 Å². The number of imidazole rings is 1. The van der Waals surface area contributed by atoms with E-state index in [0.717, 1.165) is 38.8 Å². The minimum atomic E-state index is -0.0487. The molecule has 6 heteroatoms. The van der Waals surface area contributed by atoms with Gasteiger partial charge in [-0.3, -0.25) is 4.79 Å². The van der Waals surface area contributed by atoms with Gasteiger partial charge in [0.15, 0.2) is 10.7 Å². The Kier molecular flexibility index (Phi) is 3.42. The molecule has 0 aliphatic rings. The van der Waals surface area contributed by atoms with Gasteiger partial charge in [0.2, 0.25) is 0 Å². The molecule has 6 aromatic rings. The van der Waals surface area contributed by atoms with E-state index in [1.165, 1.54) is 11.3 Å². The second kappa shape index (κ2) is 6.12. The number of hydrogen-bond donors (Lipinski definition) is 0. The van der Waals surface area contributed by atoms with Crippen molar-refractivity contribution in [3.8, 4) is 11.3 Å². The normalized spacial score (nSPS) is 12.5. The molecule has 138 valence electrons. The Labute approximate surface area is 168 Å². The van der Waals surface area contributed by atoms with Gasteiger partial charge in [-0.2, -0.15) is 0 Å². The van der Waals surface area contributed by atoms with Crippen molar-refractivity contribution in [2.45, 2.75) is 0 Å². The lowest BCUT2D eigenvalue weighted by molar-refractivity contribution is 0.441. The summed E-state index contributed by atoms with van der Waals surface area (Å²) in [6.07, 6.45) is 1.90. The van der Waals surface area contributed by atoms with E-state index >= 15 is 0 Å². The van der Waals surface area contributed by atoms with Gasteiger partial charge in [-0.1, -0.05) is 65.0 Å². The molecule has 0 saturated heterocycles. The number of aromatic nitrogens is 3. The van der Waals surface area contributed by atoms with Crippen LogP contribution in [0.3, 0.4) is 0 Å². The van der Waals surface area contributed by atoms with Gasteiger partial charge >= 0.3 is 0 Å². The topological polar surface area (TPSA) is 60.4 Å². The molecule has 0 bridgehead atoms. The highest BCUT2D eigenvalue weighted by atomic mass is 32.1. The first-order valence-corrected chi connectivity index (χ1v) is 9.96. The average Bonchev–Trinajstić information content (AvgIpc) is 3.42. The molecule has 0 atom stereocenters. The van der Waals surface area contributed by atoms with E-state index in [4.69, 9.17) is 4.52 Å². The zero-order valence-corrected chi connectivity index (χ0v) is 15.9.